The molecule has 0 aromatic rings. The summed E-state index contributed by atoms with van der Waals surface area (Å²) in [5, 5.41) is 13.0. The van der Waals surface area contributed by atoms with Gasteiger partial charge < -0.3 is 10.4 Å². The summed E-state index contributed by atoms with van der Waals surface area (Å²) in [6.45, 7) is 10.7. The lowest BCUT2D eigenvalue weighted by Crippen LogP contribution is -2.28. The summed E-state index contributed by atoms with van der Waals surface area (Å²) in [5.41, 5.74) is 0. The number of nitrogens with one attached hydrogen (secondary N) is 1. The monoisotopic (exact) mass is 243 g/mol. The van der Waals surface area contributed by atoms with E-state index in [0.717, 1.165) is 25.4 Å². The van der Waals surface area contributed by atoms with E-state index in [1.165, 1.54) is 32.1 Å². The number of hydrogen-bond acceptors (Lipinski definition) is 2. The zero-order valence-electron chi connectivity index (χ0n) is 12.3. The minimum atomic E-state index is -0.170. The van der Waals surface area contributed by atoms with Crippen LogP contribution in [0.15, 0.2) is 0 Å². The van der Waals surface area contributed by atoms with Crippen molar-refractivity contribution < 1.29 is 5.11 Å². The average Bonchev–Trinajstić information content (AvgIpc) is 2.20. The van der Waals surface area contributed by atoms with Gasteiger partial charge in [0, 0.05) is 6.54 Å². The van der Waals surface area contributed by atoms with Crippen LogP contribution >= 0.6 is 0 Å². The molecule has 0 saturated heterocycles. The first kappa shape index (κ1) is 16.9. The number of hydrogen-bond donors (Lipinski definition) is 2. The van der Waals surface area contributed by atoms with Crippen molar-refractivity contribution in [1.82, 2.24) is 5.32 Å². The lowest BCUT2D eigenvalue weighted by molar-refractivity contribution is 0.146. The molecule has 1 atom stereocenters. The Balaban J connectivity index is 3.13. The number of rotatable bonds is 11. The molecule has 0 spiro atoms. The quantitative estimate of drug-likeness (QED) is 0.544. The Morgan fingerprint density at radius 1 is 0.882 bits per heavy atom. The second-order valence-corrected chi connectivity index (χ2v) is 6.08. The normalized spacial score (nSPS) is 13.6. The third-order valence-corrected chi connectivity index (χ3v) is 3.01. The topological polar surface area (TPSA) is 32.3 Å². The van der Waals surface area contributed by atoms with Gasteiger partial charge in [0.1, 0.15) is 0 Å². The van der Waals surface area contributed by atoms with Crippen molar-refractivity contribution >= 4 is 0 Å². The fourth-order valence-corrected chi connectivity index (χ4v) is 2.05. The fraction of sp³-hybridized carbons (Fsp3) is 1.00. The first-order valence-corrected chi connectivity index (χ1v) is 7.41. The standard InChI is InChI=1S/C15H33NO/c1-13(2)9-7-5-6-8-10-16-12-15(17)11-14(3)4/h13-17H,5-12H2,1-4H3. The molecule has 0 aromatic carbocycles. The molecule has 0 aliphatic rings. The van der Waals surface area contributed by atoms with E-state index in [9.17, 15) is 5.11 Å². The molecule has 1 unspecified atom stereocenters. The van der Waals surface area contributed by atoms with Gasteiger partial charge in [0.2, 0.25) is 0 Å². The molecule has 0 radical (unpaired) electrons. The Morgan fingerprint density at radius 3 is 2.12 bits per heavy atom. The van der Waals surface area contributed by atoms with Gasteiger partial charge in [-0.1, -0.05) is 53.4 Å². The van der Waals surface area contributed by atoms with Crippen molar-refractivity contribution in [3.63, 3.8) is 0 Å². The minimum Gasteiger partial charge on any atom is -0.392 e. The lowest BCUT2D eigenvalue weighted by Gasteiger charge is -2.13. The predicted octanol–water partition coefficient (Wildman–Crippen LogP) is 3.59. The van der Waals surface area contributed by atoms with E-state index < -0.39 is 0 Å². The molecular weight excluding hydrogens is 210 g/mol. The van der Waals surface area contributed by atoms with E-state index in [0.29, 0.717) is 5.92 Å². The molecule has 0 bridgehead atoms. The number of unbranched alkanes of at least 4 members (excludes halogenated alkanes) is 3. The number of aliphatic hydroxyl groups excluding tert-OH is 1. The Hall–Kier alpha value is -0.0800. The van der Waals surface area contributed by atoms with Gasteiger partial charge in [0.05, 0.1) is 6.10 Å². The molecule has 0 aliphatic heterocycles. The zero-order chi connectivity index (χ0) is 13.1. The van der Waals surface area contributed by atoms with E-state index in [1.807, 2.05) is 0 Å². The van der Waals surface area contributed by atoms with Crippen LogP contribution in [0.1, 0.15) is 66.2 Å². The van der Waals surface area contributed by atoms with Crippen molar-refractivity contribution in [2.45, 2.75) is 72.3 Å². The summed E-state index contributed by atoms with van der Waals surface area (Å²) in [5.74, 6) is 1.43. The van der Waals surface area contributed by atoms with E-state index >= 15 is 0 Å². The lowest BCUT2D eigenvalue weighted by atomic mass is 10.0. The van der Waals surface area contributed by atoms with E-state index in [4.69, 9.17) is 0 Å². The highest BCUT2D eigenvalue weighted by Crippen LogP contribution is 2.09. The van der Waals surface area contributed by atoms with E-state index in [-0.39, 0.29) is 6.10 Å². The molecule has 0 rings (SSSR count). The summed E-state index contributed by atoms with van der Waals surface area (Å²) in [4.78, 5) is 0. The summed E-state index contributed by atoms with van der Waals surface area (Å²) in [7, 11) is 0. The fourth-order valence-electron chi connectivity index (χ4n) is 2.05. The molecule has 0 aliphatic carbocycles. The molecule has 2 heteroatoms. The third-order valence-electron chi connectivity index (χ3n) is 3.01. The van der Waals surface area contributed by atoms with E-state index in [1.54, 1.807) is 0 Å². The molecule has 0 heterocycles. The van der Waals surface area contributed by atoms with Gasteiger partial charge in [-0.15, -0.1) is 0 Å². The first-order valence-electron chi connectivity index (χ1n) is 7.41. The Labute approximate surface area is 108 Å². The highest BCUT2D eigenvalue weighted by molar-refractivity contribution is 4.61. The van der Waals surface area contributed by atoms with Crippen molar-refractivity contribution in [3.05, 3.63) is 0 Å². The van der Waals surface area contributed by atoms with E-state index in [2.05, 4.69) is 33.0 Å². The second kappa shape index (κ2) is 11.0. The molecule has 0 fully saturated rings. The van der Waals surface area contributed by atoms with Crippen LogP contribution in [0, 0.1) is 11.8 Å². The Morgan fingerprint density at radius 2 is 1.53 bits per heavy atom. The van der Waals surface area contributed by atoms with Crippen molar-refractivity contribution in [1.29, 1.82) is 0 Å². The van der Waals surface area contributed by atoms with Crippen LogP contribution in [0.3, 0.4) is 0 Å². The van der Waals surface area contributed by atoms with Gasteiger partial charge in [0.25, 0.3) is 0 Å². The maximum Gasteiger partial charge on any atom is 0.0667 e. The van der Waals surface area contributed by atoms with Crippen LogP contribution in [-0.2, 0) is 0 Å². The predicted molar refractivity (Wildman–Crippen MR) is 76.3 cm³/mol. The molecule has 0 aromatic heterocycles. The molecular formula is C15H33NO. The zero-order valence-corrected chi connectivity index (χ0v) is 12.3. The summed E-state index contributed by atoms with van der Waals surface area (Å²) >= 11 is 0. The molecule has 0 amide bonds. The minimum absolute atomic E-state index is 0.170. The van der Waals surface area contributed by atoms with Crippen LogP contribution in [0.5, 0.6) is 0 Å². The summed E-state index contributed by atoms with van der Waals surface area (Å²) in [6.07, 6.45) is 7.38. The van der Waals surface area contributed by atoms with Gasteiger partial charge in [-0.2, -0.15) is 0 Å². The smallest absolute Gasteiger partial charge is 0.0667 e. The van der Waals surface area contributed by atoms with Gasteiger partial charge in [-0.05, 0) is 31.2 Å². The molecule has 0 saturated carbocycles. The highest BCUT2D eigenvalue weighted by atomic mass is 16.3. The van der Waals surface area contributed by atoms with Crippen LogP contribution < -0.4 is 5.32 Å². The summed E-state index contributed by atoms with van der Waals surface area (Å²) < 4.78 is 0. The van der Waals surface area contributed by atoms with Crippen LogP contribution in [0.4, 0.5) is 0 Å². The molecule has 2 N–H and O–H groups in total. The SMILES string of the molecule is CC(C)CCCCCCNCC(O)CC(C)C. The third kappa shape index (κ3) is 13.9. The van der Waals surface area contributed by atoms with Crippen LogP contribution in [0.25, 0.3) is 0 Å². The van der Waals surface area contributed by atoms with Crippen molar-refractivity contribution in [2.24, 2.45) is 11.8 Å². The van der Waals surface area contributed by atoms with Gasteiger partial charge in [-0.3, -0.25) is 0 Å². The Bertz CT molecular complexity index is 157. The molecule has 2 nitrogen and oxygen atoms in total. The van der Waals surface area contributed by atoms with Crippen LogP contribution in [-0.4, -0.2) is 24.3 Å². The maximum absolute atomic E-state index is 9.66. The van der Waals surface area contributed by atoms with Gasteiger partial charge in [-0.25, -0.2) is 0 Å². The largest absolute Gasteiger partial charge is 0.392 e. The molecule has 104 valence electrons. The van der Waals surface area contributed by atoms with Gasteiger partial charge >= 0.3 is 0 Å². The van der Waals surface area contributed by atoms with Gasteiger partial charge in [0.15, 0.2) is 0 Å². The number of aliphatic hydroxyl groups is 1. The second-order valence-electron chi connectivity index (χ2n) is 6.08. The van der Waals surface area contributed by atoms with Crippen molar-refractivity contribution in [2.75, 3.05) is 13.1 Å². The van der Waals surface area contributed by atoms with Crippen molar-refractivity contribution in [3.8, 4) is 0 Å². The highest BCUT2D eigenvalue weighted by Gasteiger charge is 2.05. The molecule has 17 heavy (non-hydrogen) atoms. The summed E-state index contributed by atoms with van der Waals surface area (Å²) in [6, 6.07) is 0. The Kier molecular flexibility index (Phi) is 11.0. The maximum atomic E-state index is 9.66. The average molecular weight is 243 g/mol. The van der Waals surface area contributed by atoms with Crippen LogP contribution in [0.2, 0.25) is 0 Å². The first-order chi connectivity index (χ1) is 8.02.